The van der Waals surface area contributed by atoms with Crippen LogP contribution in [0.5, 0.6) is 0 Å². The summed E-state index contributed by atoms with van der Waals surface area (Å²) in [6.07, 6.45) is 1.13. The average molecular weight is 349 g/mol. The molecule has 2 amide bonds. The Bertz CT molecular complexity index is 644. The first kappa shape index (κ1) is 17.2. The molecule has 2 aliphatic rings. The van der Waals surface area contributed by atoms with Gasteiger partial charge in [-0.25, -0.2) is 4.98 Å². The third-order valence-corrected chi connectivity index (χ3v) is 5.27. The van der Waals surface area contributed by atoms with Crippen LogP contribution in [0.2, 0.25) is 0 Å². The van der Waals surface area contributed by atoms with Crippen molar-refractivity contribution >= 4 is 29.3 Å². The number of pyridine rings is 1. The van der Waals surface area contributed by atoms with Gasteiger partial charge >= 0.3 is 0 Å². The first-order valence-electron chi connectivity index (χ1n) is 8.33. The summed E-state index contributed by atoms with van der Waals surface area (Å²) in [5, 5.41) is 0.923. The molecule has 7 heteroatoms. The van der Waals surface area contributed by atoms with Gasteiger partial charge in [-0.15, -0.1) is 0 Å². The molecule has 130 valence electrons. The van der Waals surface area contributed by atoms with E-state index in [9.17, 15) is 9.59 Å². The fraction of sp³-hybridized carbons (Fsp3) is 0.588. The summed E-state index contributed by atoms with van der Waals surface area (Å²) in [6, 6.07) is 2.00. The molecule has 0 saturated carbocycles. The van der Waals surface area contributed by atoms with Crippen LogP contribution in [0.3, 0.4) is 0 Å². The molecule has 0 N–H and O–H groups in total. The molecule has 0 radical (unpaired) electrons. The Hall–Kier alpha value is -1.60. The highest BCUT2D eigenvalue weighted by molar-refractivity contribution is 8.00. The SMILES string of the molecule is Cc1cc(C)c2c(n1)SCC(=O)N2CCCC(=O)N1CCOCC1. The van der Waals surface area contributed by atoms with Crippen molar-refractivity contribution in [1.29, 1.82) is 0 Å². The zero-order chi connectivity index (χ0) is 17.1. The van der Waals surface area contributed by atoms with Gasteiger partial charge in [0.15, 0.2) is 0 Å². The van der Waals surface area contributed by atoms with E-state index in [1.54, 1.807) is 4.90 Å². The molecule has 24 heavy (non-hydrogen) atoms. The number of rotatable bonds is 4. The van der Waals surface area contributed by atoms with Crippen LogP contribution in [0, 0.1) is 13.8 Å². The Morgan fingerprint density at radius 1 is 1.33 bits per heavy atom. The lowest BCUT2D eigenvalue weighted by molar-refractivity contribution is -0.135. The normalized spacial score (nSPS) is 17.8. The molecule has 3 heterocycles. The van der Waals surface area contributed by atoms with Gasteiger partial charge in [0.05, 0.1) is 24.7 Å². The summed E-state index contributed by atoms with van der Waals surface area (Å²) in [4.78, 5) is 32.8. The molecule has 3 rings (SSSR count). The van der Waals surface area contributed by atoms with E-state index in [1.807, 2.05) is 24.8 Å². The molecule has 1 fully saturated rings. The first-order valence-corrected chi connectivity index (χ1v) is 9.32. The standard InChI is InChI=1S/C17H23N3O3S/c1-12-10-13(2)18-17-16(12)20(15(22)11-24-17)5-3-4-14(21)19-6-8-23-9-7-19/h10H,3-9,11H2,1-2H3. The van der Waals surface area contributed by atoms with Crippen LogP contribution in [-0.4, -0.2) is 60.3 Å². The number of ether oxygens (including phenoxy) is 1. The lowest BCUT2D eigenvalue weighted by Crippen LogP contribution is -2.41. The summed E-state index contributed by atoms with van der Waals surface area (Å²) >= 11 is 1.50. The highest BCUT2D eigenvalue weighted by Crippen LogP contribution is 2.36. The van der Waals surface area contributed by atoms with Crippen molar-refractivity contribution in [2.24, 2.45) is 0 Å². The Morgan fingerprint density at radius 3 is 2.83 bits per heavy atom. The molecular formula is C17H23N3O3S. The van der Waals surface area contributed by atoms with Gasteiger partial charge in [-0.05, 0) is 31.9 Å². The third-order valence-electron chi connectivity index (χ3n) is 4.32. The van der Waals surface area contributed by atoms with Crippen molar-refractivity contribution in [3.63, 3.8) is 0 Å². The number of carbonyl (C=O) groups is 2. The van der Waals surface area contributed by atoms with Gasteiger partial charge in [0.25, 0.3) is 0 Å². The minimum absolute atomic E-state index is 0.0973. The average Bonchev–Trinajstić information content (AvgIpc) is 2.57. The van der Waals surface area contributed by atoms with Gasteiger partial charge < -0.3 is 14.5 Å². The number of anilines is 1. The van der Waals surface area contributed by atoms with E-state index in [2.05, 4.69) is 4.98 Å². The molecule has 1 aromatic rings. The van der Waals surface area contributed by atoms with E-state index >= 15 is 0 Å². The van der Waals surface area contributed by atoms with Crippen LogP contribution in [-0.2, 0) is 14.3 Å². The van der Waals surface area contributed by atoms with Gasteiger partial charge in [0.2, 0.25) is 11.8 Å². The topological polar surface area (TPSA) is 62.7 Å². The second kappa shape index (κ2) is 7.53. The molecule has 0 aliphatic carbocycles. The number of amides is 2. The number of aromatic nitrogens is 1. The third kappa shape index (κ3) is 3.72. The molecule has 0 spiro atoms. The van der Waals surface area contributed by atoms with Crippen molar-refractivity contribution in [2.45, 2.75) is 31.7 Å². The number of morpholine rings is 1. The fourth-order valence-corrected chi connectivity index (χ4v) is 4.19. The van der Waals surface area contributed by atoms with Crippen LogP contribution in [0.1, 0.15) is 24.1 Å². The quantitative estimate of drug-likeness (QED) is 0.829. The predicted molar refractivity (Wildman–Crippen MR) is 93.4 cm³/mol. The van der Waals surface area contributed by atoms with E-state index in [-0.39, 0.29) is 11.8 Å². The van der Waals surface area contributed by atoms with Crippen LogP contribution in [0.4, 0.5) is 5.69 Å². The molecule has 2 aliphatic heterocycles. The summed E-state index contributed by atoms with van der Waals surface area (Å²) in [6.45, 7) is 7.12. The minimum atomic E-state index is 0.0973. The Labute approximate surface area is 146 Å². The number of fused-ring (bicyclic) bond motifs is 1. The second-order valence-electron chi connectivity index (χ2n) is 6.17. The zero-order valence-electron chi connectivity index (χ0n) is 14.2. The largest absolute Gasteiger partial charge is 0.378 e. The zero-order valence-corrected chi connectivity index (χ0v) is 15.0. The van der Waals surface area contributed by atoms with Gasteiger partial charge in [0.1, 0.15) is 5.03 Å². The Morgan fingerprint density at radius 2 is 2.08 bits per heavy atom. The van der Waals surface area contributed by atoms with Crippen molar-refractivity contribution in [2.75, 3.05) is 43.5 Å². The lowest BCUT2D eigenvalue weighted by atomic mass is 10.1. The monoisotopic (exact) mass is 349 g/mol. The molecule has 0 aromatic carbocycles. The molecule has 6 nitrogen and oxygen atoms in total. The first-order chi connectivity index (χ1) is 11.6. The molecule has 1 saturated heterocycles. The fourth-order valence-electron chi connectivity index (χ4n) is 3.15. The van der Waals surface area contributed by atoms with Gasteiger partial charge in [-0.2, -0.15) is 0 Å². The lowest BCUT2D eigenvalue weighted by Gasteiger charge is -2.31. The van der Waals surface area contributed by atoms with E-state index in [0.29, 0.717) is 51.4 Å². The van der Waals surface area contributed by atoms with E-state index in [0.717, 1.165) is 22.0 Å². The highest BCUT2D eigenvalue weighted by Gasteiger charge is 2.27. The molecule has 0 atom stereocenters. The van der Waals surface area contributed by atoms with Gasteiger partial charge in [-0.3, -0.25) is 9.59 Å². The van der Waals surface area contributed by atoms with E-state index in [4.69, 9.17) is 4.74 Å². The smallest absolute Gasteiger partial charge is 0.237 e. The number of hydrogen-bond donors (Lipinski definition) is 0. The number of nitrogens with zero attached hydrogens (tertiary/aromatic N) is 3. The van der Waals surface area contributed by atoms with Crippen LogP contribution in [0.25, 0.3) is 0 Å². The molecular weight excluding hydrogens is 326 g/mol. The van der Waals surface area contributed by atoms with Crippen LogP contribution >= 0.6 is 11.8 Å². The van der Waals surface area contributed by atoms with Gasteiger partial charge in [-0.1, -0.05) is 11.8 Å². The van der Waals surface area contributed by atoms with Crippen molar-refractivity contribution in [3.05, 3.63) is 17.3 Å². The molecule has 0 unspecified atom stereocenters. The highest BCUT2D eigenvalue weighted by atomic mass is 32.2. The maximum Gasteiger partial charge on any atom is 0.237 e. The number of hydrogen-bond acceptors (Lipinski definition) is 5. The number of aryl methyl sites for hydroxylation is 2. The maximum atomic E-state index is 12.3. The predicted octanol–water partition coefficient (Wildman–Crippen LogP) is 1.78. The summed E-state index contributed by atoms with van der Waals surface area (Å²) in [7, 11) is 0. The van der Waals surface area contributed by atoms with Gasteiger partial charge in [0, 0.05) is 31.7 Å². The maximum absolute atomic E-state index is 12.3. The number of carbonyl (C=O) groups excluding carboxylic acids is 2. The minimum Gasteiger partial charge on any atom is -0.378 e. The summed E-state index contributed by atoms with van der Waals surface area (Å²) in [5.41, 5.74) is 2.95. The molecule has 0 bridgehead atoms. The Balaban J connectivity index is 1.63. The van der Waals surface area contributed by atoms with Crippen LogP contribution in [0.15, 0.2) is 11.1 Å². The van der Waals surface area contributed by atoms with Crippen molar-refractivity contribution in [1.82, 2.24) is 9.88 Å². The van der Waals surface area contributed by atoms with Crippen molar-refractivity contribution < 1.29 is 14.3 Å². The number of thioether (sulfide) groups is 1. The van der Waals surface area contributed by atoms with E-state index < -0.39 is 0 Å². The van der Waals surface area contributed by atoms with E-state index in [1.165, 1.54) is 11.8 Å². The Kier molecular flexibility index (Phi) is 5.40. The van der Waals surface area contributed by atoms with Crippen LogP contribution < -0.4 is 4.90 Å². The second-order valence-corrected chi connectivity index (χ2v) is 7.13. The molecule has 1 aromatic heterocycles. The summed E-state index contributed by atoms with van der Waals surface area (Å²) < 4.78 is 5.27. The summed E-state index contributed by atoms with van der Waals surface area (Å²) in [5.74, 6) is 0.663. The van der Waals surface area contributed by atoms with Crippen molar-refractivity contribution in [3.8, 4) is 0 Å².